The summed E-state index contributed by atoms with van der Waals surface area (Å²) in [5.41, 5.74) is 8.24. The Bertz CT molecular complexity index is 309. The van der Waals surface area contributed by atoms with Gasteiger partial charge in [-0.3, -0.25) is 0 Å². The molecule has 1 rings (SSSR count). The molecule has 0 saturated heterocycles. The maximum Gasteiger partial charge on any atom is 0.0371 e. The predicted molar refractivity (Wildman–Crippen MR) is 71.9 cm³/mol. The van der Waals surface area contributed by atoms with Crippen molar-refractivity contribution in [3.63, 3.8) is 0 Å². The first-order valence-electron chi connectivity index (χ1n) is 6.22. The van der Waals surface area contributed by atoms with Gasteiger partial charge in [-0.1, -0.05) is 19.1 Å². The molecule has 0 aliphatic carbocycles. The Morgan fingerprint density at radius 3 is 2.69 bits per heavy atom. The average Bonchev–Trinajstić information content (AvgIpc) is 2.29. The van der Waals surface area contributed by atoms with Gasteiger partial charge in [0.2, 0.25) is 0 Å². The van der Waals surface area contributed by atoms with E-state index in [1.54, 1.807) is 0 Å². The van der Waals surface area contributed by atoms with E-state index in [4.69, 9.17) is 5.73 Å². The minimum Gasteiger partial charge on any atom is -0.369 e. The second-order valence-electron chi connectivity index (χ2n) is 4.43. The van der Waals surface area contributed by atoms with Crippen LogP contribution in [0.15, 0.2) is 24.3 Å². The zero-order valence-electron chi connectivity index (χ0n) is 10.7. The van der Waals surface area contributed by atoms with Crippen LogP contribution in [0.2, 0.25) is 0 Å². The number of nitrogens with two attached hydrogens (primary N) is 1. The van der Waals surface area contributed by atoms with Crippen molar-refractivity contribution in [2.75, 3.05) is 18.0 Å². The molecule has 0 saturated carbocycles. The average molecular weight is 220 g/mol. The van der Waals surface area contributed by atoms with Crippen molar-refractivity contribution >= 4 is 5.69 Å². The van der Waals surface area contributed by atoms with Crippen LogP contribution in [0.5, 0.6) is 0 Å². The van der Waals surface area contributed by atoms with Crippen LogP contribution in [-0.4, -0.2) is 19.1 Å². The van der Waals surface area contributed by atoms with Gasteiger partial charge in [0, 0.05) is 18.3 Å². The lowest BCUT2D eigenvalue weighted by molar-refractivity contribution is 0.602. The summed E-state index contributed by atoms with van der Waals surface area (Å²) in [4.78, 5) is 2.46. The summed E-state index contributed by atoms with van der Waals surface area (Å²) in [6, 6.07) is 9.29. The van der Waals surface area contributed by atoms with Gasteiger partial charge in [-0.15, -0.1) is 0 Å². The number of hydrogen-bond donors (Lipinski definition) is 1. The Balaban J connectivity index is 2.82. The van der Waals surface area contributed by atoms with E-state index in [0.29, 0.717) is 6.04 Å². The SMILES string of the molecule is CCC(C)N(CCCN)c1cccc(C)c1. The van der Waals surface area contributed by atoms with E-state index < -0.39 is 0 Å². The summed E-state index contributed by atoms with van der Waals surface area (Å²) in [6.07, 6.45) is 2.22. The van der Waals surface area contributed by atoms with E-state index in [1.807, 2.05) is 0 Å². The highest BCUT2D eigenvalue weighted by Gasteiger charge is 2.12. The molecule has 16 heavy (non-hydrogen) atoms. The number of hydrogen-bond acceptors (Lipinski definition) is 2. The molecule has 1 unspecified atom stereocenters. The number of benzene rings is 1. The molecule has 0 aliphatic rings. The molecular weight excluding hydrogens is 196 g/mol. The monoisotopic (exact) mass is 220 g/mol. The maximum atomic E-state index is 5.60. The Morgan fingerprint density at radius 2 is 2.12 bits per heavy atom. The predicted octanol–water partition coefficient (Wildman–Crippen LogP) is 2.95. The van der Waals surface area contributed by atoms with Crippen LogP contribution in [0.3, 0.4) is 0 Å². The Kier molecular flexibility index (Phi) is 5.33. The third kappa shape index (κ3) is 3.53. The highest BCUT2D eigenvalue weighted by atomic mass is 15.2. The summed E-state index contributed by atoms with van der Waals surface area (Å²) >= 11 is 0. The first-order valence-corrected chi connectivity index (χ1v) is 6.22. The summed E-state index contributed by atoms with van der Waals surface area (Å²) in [5, 5.41) is 0. The quantitative estimate of drug-likeness (QED) is 0.798. The Labute approximate surface area is 99.5 Å². The van der Waals surface area contributed by atoms with Crippen LogP contribution in [0, 0.1) is 6.92 Å². The lowest BCUT2D eigenvalue weighted by Gasteiger charge is -2.31. The fourth-order valence-corrected chi connectivity index (χ4v) is 1.89. The van der Waals surface area contributed by atoms with Gasteiger partial charge in [0.25, 0.3) is 0 Å². The summed E-state index contributed by atoms with van der Waals surface area (Å²) < 4.78 is 0. The van der Waals surface area contributed by atoms with Gasteiger partial charge in [-0.25, -0.2) is 0 Å². The standard InChI is InChI=1S/C14H24N2/c1-4-13(3)16(10-6-9-15)14-8-5-7-12(2)11-14/h5,7-8,11,13H,4,6,9-10,15H2,1-3H3. The zero-order valence-corrected chi connectivity index (χ0v) is 10.7. The van der Waals surface area contributed by atoms with Crippen LogP contribution in [0.4, 0.5) is 5.69 Å². The van der Waals surface area contributed by atoms with Gasteiger partial charge in [-0.2, -0.15) is 0 Å². The highest BCUT2D eigenvalue weighted by Crippen LogP contribution is 2.20. The molecule has 0 bridgehead atoms. The van der Waals surface area contributed by atoms with Crippen LogP contribution in [0.1, 0.15) is 32.3 Å². The molecule has 0 aliphatic heterocycles. The van der Waals surface area contributed by atoms with Crippen LogP contribution >= 0.6 is 0 Å². The minimum atomic E-state index is 0.577. The third-order valence-electron chi connectivity index (χ3n) is 3.06. The topological polar surface area (TPSA) is 29.3 Å². The molecule has 90 valence electrons. The molecule has 2 N–H and O–H groups in total. The molecule has 0 aromatic heterocycles. The lowest BCUT2D eigenvalue weighted by Crippen LogP contribution is -2.34. The van der Waals surface area contributed by atoms with Crippen LogP contribution in [-0.2, 0) is 0 Å². The second-order valence-corrected chi connectivity index (χ2v) is 4.43. The normalized spacial score (nSPS) is 12.5. The summed E-state index contributed by atoms with van der Waals surface area (Å²) in [7, 11) is 0. The molecule has 1 atom stereocenters. The van der Waals surface area contributed by atoms with Gasteiger partial charge < -0.3 is 10.6 Å². The molecule has 0 heterocycles. The molecule has 1 aromatic carbocycles. The number of anilines is 1. The summed E-state index contributed by atoms with van der Waals surface area (Å²) in [6.45, 7) is 8.46. The van der Waals surface area contributed by atoms with Crippen LogP contribution < -0.4 is 10.6 Å². The van der Waals surface area contributed by atoms with Crippen molar-refractivity contribution in [3.05, 3.63) is 29.8 Å². The summed E-state index contributed by atoms with van der Waals surface area (Å²) in [5.74, 6) is 0. The van der Waals surface area contributed by atoms with E-state index in [-0.39, 0.29) is 0 Å². The number of nitrogens with zero attached hydrogens (tertiary/aromatic N) is 1. The molecular formula is C14H24N2. The number of aryl methyl sites for hydroxylation is 1. The van der Waals surface area contributed by atoms with Crippen molar-refractivity contribution in [2.45, 2.75) is 39.7 Å². The molecule has 2 heteroatoms. The number of rotatable bonds is 6. The van der Waals surface area contributed by atoms with Gasteiger partial charge in [0.1, 0.15) is 0 Å². The highest BCUT2D eigenvalue weighted by molar-refractivity contribution is 5.49. The fourth-order valence-electron chi connectivity index (χ4n) is 1.89. The van der Waals surface area contributed by atoms with Gasteiger partial charge in [0.05, 0.1) is 0 Å². The smallest absolute Gasteiger partial charge is 0.0371 e. The third-order valence-corrected chi connectivity index (χ3v) is 3.06. The first kappa shape index (κ1) is 13.0. The van der Waals surface area contributed by atoms with E-state index in [1.165, 1.54) is 17.7 Å². The Hall–Kier alpha value is -1.02. The fraction of sp³-hybridized carbons (Fsp3) is 0.571. The lowest BCUT2D eigenvalue weighted by atomic mass is 10.1. The van der Waals surface area contributed by atoms with Gasteiger partial charge in [-0.05, 0) is 50.9 Å². The van der Waals surface area contributed by atoms with Crippen molar-refractivity contribution in [1.29, 1.82) is 0 Å². The van der Waals surface area contributed by atoms with Crippen molar-refractivity contribution < 1.29 is 0 Å². The van der Waals surface area contributed by atoms with Crippen molar-refractivity contribution in [3.8, 4) is 0 Å². The first-order chi connectivity index (χ1) is 7.69. The van der Waals surface area contributed by atoms with Gasteiger partial charge in [0.15, 0.2) is 0 Å². The van der Waals surface area contributed by atoms with E-state index in [9.17, 15) is 0 Å². The molecule has 1 aromatic rings. The zero-order chi connectivity index (χ0) is 12.0. The molecule has 0 spiro atoms. The largest absolute Gasteiger partial charge is 0.369 e. The van der Waals surface area contributed by atoms with E-state index in [0.717, 1.165) is 19.5 Å². The molecule has 2 nitrogen and oxygen atoms in total. The molecule has 0 fully saturated rings. The van der Waals surface area contributed by atoms with Crippen LogP contribution in [0.25, 0.3) is 0 Å². The van der Waals surface area contributed by atoms with Crippen molar-refractivity contribution in [1.82, 2.24) is 0 Å². The molecule has 0 amide bonds. The minimum absolute atomic E-state index is 0.577. The maximum absolute atomic E-state index is 5.60. The second kappa shape index (κ2) is 6.54. The van der Waals surface area contributed by atoms with E-state index in [2.05, 4.69) is 49.9 Å². The molecule has 0 radical (unpaired) electrons. The van der Waals surface area contributed by atoms with Crippen molar-refractivity contribution in [2.24, 2.45) is 5.73 Å². The van der Waals surface area contributed by atoms with Gasteiger partial charge >= 0.3 is 0 Å². The van der Waals surface area contributed by atoms with E-state index >= 15 is 0 Å². The Morgan fingerprint density at radius 1 is 1.38 bits per heavy atom.